The Hall–Kier alpha value is -0.643. The lowest BCUT2D eigenvalue weighted by atomic mass is 10.2. The molecular formula is C9H20N2OSi. The molecule has 0 radical (unpaired) electrons. The van der Waals surface area contributed by atoms with E-state index in [2.05, 4.69) is 24.7 Å². The summed E-state index contributed by atoms with van der Waals surface area (Å²) in [4.78, 5) is 11.1. The normalized spacial score (nSPS) is 12.9. The Morgan fingerprint density at radius 1 is 1.38 bits per heavy atom. The number of ketones is 1. The highest BCUT2D eigenvalue weighted by atomic mass is 28.3. The van der Waals surface area contributed by atoms with E-state index >= 15 is 0 Å². The van der Waals surface area contributed by atoms with Crippen LogP contribution in [-0.4, -0.2) is 31.5 Å². The number of rotatable bonds is 4. The van der Waals surface area contributed by atoms with Gasteiger partial charge in [0.25, 0.3) is 0 Å². The van der Waals surface area contributed by atoms with E-state index < -0.39 is 8.24 Å². The average Bonchev–Trinajstić information content (AvgIpc) is 1.96. The van der Waals surface area contributed by atoms with Crippen molar-refractivity contribution >= 4 is 19.7 Å². The van der Waals surface area contributed by atoms with E-state index in [-0.39, 0.29) is 5.78 Å². The second-order valence-electron chi connectivity index (χ2n) is 4.15. The van der Waals surface area contributed by atoms with Gasteiger partial charge in [0.15, 0.2) is 14.0 Å². The van der Waals surface area contributed by atoms with Gasteiger partial charge in [-0.05, 0) is 6.42 Å². The summed E-state index contributed by atoms with van der Waals surface area (Å²) in [5, 5.41) is 4.33. The Morgan fingerprint density at radius 3 is 2.08 bits per heavy atom. The number of carbonyl (C=O) groups is 1. The van der Waals surface area contributed by atoms with Gasteiger partial charge in [-0.25, -0.2) is 0 Å². The van der Waals surface area contributed by atoms with Gasteiger partial charge in [0.1, 0.15) is 5.71 Å². The summed E-state index contributed by atoms with van der Waals surface area (Å²) in [5.41, 5.74) is 0.671. The zero-order valence-corrected chi connectivity index (χ0v) is 10.5. The topological polar surface area (TPSA) is 32.7 Å². The van der Waals surface area contributed by atoms with E-state index in [1.54, 1.807) is 6.92 Å². The molecule has 0 aliphatic carbocycles. The number of hydrazone groups is 1. The minimum atomic E-state index is -1.39. The smallest absolute Gasteiger partial charge is 0.175 e. The van der Waals surface area contributed by atoms with E-state index in [1.807, 2.05) is 18.6 Å². The van der Waals surface area contributed by atoms with Crippen LogP contribution in [0.2, 0.25) is 19.6 Å². The number of hydrogen-bond acceptors (Lipinski definition) is 3. The highest BCUT2D eigenvalue weighted by molar-refractivity contribution is 6.73. The van der Waals surface area contributed by atoms with Crippen LogP contribution in [0.4, 0.5) is 0 Å². The van der Waals surface area contributed by atoms with Crippen molar-refractivity contribution in [3.8, 4) is 0 Å². The van der Waals surface area contributed by atoms with Crippen LogP contribution in [0.15, 0.2) is 5.10 Å². The fourth-order valence-corrected chi connectivity index (χ4v) is 1.14. The molecule has 0 aromatic heterocycles. The maximum atomic E-state index is 11.1. The fourth-order valence-electron chi connectivity index (χ4n) is 0.721. The monoisotopic (exact) mass is 200 g/mol. The number of Topliss-reactive ketones (excluding diaryl/α,β-unsaturated/α-hetero) is 1. The molecule has 0 rings (SSSR count). The van der Waals surface area contributed by atoms with Crippen LogP contribution in [-0.2, 0) is 4.79 Å². The third-order valence-corrected chi connectivity index (χ3v) is 4.02. The molecular weight excluding hydrogens is 180 g/mol. The lowest BCUT2D eigenvalue weighted by Gasteiger charge is -2.27. The van der Waals surface area contributed by atoms with Crippen LogP contribution < -0.4 is 0 Å². The van der Waals surface area contributed by atoms with E-state index in [9.17, 15) is 4.79 Å². The molecule has 0 unspecified atom stereocenters. The average molecular weight is 200 g/mol. The second kappa shape index (κ2) is 4.55. The first kappa shape index (κ1) is 12.4. The maximum Gasteiger partial charge on any atom is 0.175 e. The second-order valence-corrected chi connectivity index (χ2v) is 9.14. The molecule has 0 fully saturated rings. The quantitative estimate of drug-likeness (QED) is 0.395. The zero-order valence-electron chi connectivity index (χ0n) is 9.51. The van der Waals surface area contributed by atoms with Crippen molar-refractivity contribution < 1.29 is 4.79 Å². The van der Waals surface area contributed by atoms with Gasteiger partial charge >= 0.3 is 0 Å². The van der Waals surface area contributed by atoms with Crippen LogP contribution >= 0.6 is 0 Å². The molecule has 3 nitrogen and oxygen atoms in total. The molecule has 0 heterocycles. The van der Waals surface area contributed by atoms with Crippen LogP contribution in [0.1, 0.15) is 20.3 Å². The highest BCUT2D eigenvalue weighted by Gasteiger charge is 2.19. The first-order valence-corrected chi connectivity index (χ1v) is 8.06. The Kier molecular flexibility index (Phi) is 4.33. The van der Waals surface area contributed by atoms with Crippen molar-refractivity contribution in [2.75, 3.05) is 7.05 Å². The Labute approximate surface area is 81.9 Å². The van der Waals surface area contributed by atoms with Crippen molar-refractivity contribution in [3.63, 3.8) is 0 Å². The third kappa shape index (κ3) is 4.22. The van der Waals surface area contributed by atoms with Crippen molar-refractivity contribution in [1.82, 2.24) is 4.67 Å². The summed E-state index contributed by atoms with van der Waals surface area (Å²) in [7, 11) is 0.557. The van der Waals surface area contributed by atoms with Gasteiger partial charge in [-0.3, -0.25) is 4.79 Å². The lowest BCUT2D eigenvalue weighted by molar-refractivity contribution is -0.111. The summed E-state index contributed by atoms with van der Waals surface area (Å²) >= 11 is 0. The molecule has 0 saturated heterocycles. The molecule has 0 bridgehead atoms. The number of hydrogen-bond donors (Lipinski definition) is 0. The standard InChI is InChI=1S/C9H20N2OSi/c1-7-9(8(2)12)10-11(3)13(4,5)6/h7H2,1-6H3/b10-9+. The van der Waals surface area contributed by atoms with Gasteiger partial charge in [-0.1, -0.05) is 26.6 Å². The predicted octanol–water partition coefficient (Wildman–Crippen LogP) is 2.11. The van der Waals surface area contributed by atoms with Crippen LogP contribution in [0.3, 0.4) is 0 Å². The highest BCUT2D eigenvalue weighted by Crippen LogP contribution is 2.07. The first-order valence-electron chi connectivity index (χ1n) is 4.61. The van der Waals surface area contributed by atoms with Crippen molar-refractivity contribution in [1.29, 1.82) is 0 Å². The third-order valence-electron chi connectivity index (χ3n) is 1.98. The van der Waals surface area contributed by atoms with Crippen molar-refractivity contribution in [2.45, 2.75) is 39.9 Å². The minimum Gasteiger partial charge on any atom is -0.327 e. The Morgan fingerprint density at radius 2 is 1.85 bits per heavy atom. The van der Waals surface area contributed by atoms with Gasteiger partial charge in [0.05, 0.1) is 0 Å². The van der Waals surface area contributed by atoms with E-state index in [0.29, 0.717) is 12.1 Å². The molecule has 0 aliphatic rings. The molecule has 0 aromatic rings. The molecule has 0 saturated carbocycles. The van der Waals surface area contributed by atoms with Gasteiger partial charge in [-0.15, -0.1) is 0 Å². The molecule has 13 heavy (non-hydrogen) atoms. The van der Waals surface area contributed by atoms with Crippen LogP contribution in [0.25, 0.3) is 0 Å². The van der Waals surface area contributed by atoms with Crippen LogP contribution in [0.5, 0.6) is 0 Å². The Balaban J connectivity index is 4.61. The largest absolute Gasteiger partial charge is 0.327 e. The molecule has 0 spiro atoms. The van der Waals surface area contributed by atoms with Gasteiger partial charge in [0, 0.05) is 14.0 Å². The first-order chi connectivity index (χ1) is 5.79. The van der Waals surface area contributed by atoms with E-state index in [4.69, 9.17) is 0 Å². The number of nitrogens with zero attached hydrogens (tertiary/aromatic N) is 2. The van der Waals surface area contributed by atoms with E-state index in [1.165, 1.54) is 0 Å². The predicted molar refractivity (Wildman–Crippen MR) is 59.5 cm³/mol. The molecule has 4 heteroatoms. The van der Waals surface area contributed by atoms with Crippen LogP contribution in [0, 0.1) is 0 Å². The van der Waals surface area contributed by atoms with E-state index in [0.717, 1.165) is 0 Å². The summed E-state index contributed by atoms with van der Waals surface area (Å²) < 4.78 is 1.97. The maximum absolute atomic E-state index is 11.1. The zero-order chi connectivity index (χ0) is 10.6. The Bertz CT molecular complexity index is 218. The van der Waals surface area contributed by atoms with Gasteiger partial charge in [0.2, 0.25) is 0 Å². The summed E-state index contributed by atoms with van der Waals surface area (Å²) in [6.07, 6.45) is 0.712. The van der Waals surface area contributed by atoms with Gasteiger partial charge in [-0.2, -0.15) is 5.10 Å². The molecule has 0 atom stereocenters. The summed E-state index contributed by atoms with van der Waals surface area (Å²) in [5.74, 6) is 0.0765. The molecule has 0 amide bonds. The molecule has 76 valence electrons. The molecule has 0 aliphatic heterocycles. The number of carbonyl (C=O) groups excluding carboxylic acids is 1. The summed E-state index contributed by atoms with van der Waals surface area (Å²) in [6, 6.07) is 0. The SMILES string of the molecule is CC/C(=N\N(C)[Si](C)(C)C)C(C)=O. The van der Waals surface area contributed by atoms with Gasteiger partial charge < -0.3 is 4.67 Å². The van der Waals surface area contributed by atoms with Crippen molar-refractivity contribution in [2.24, 2.45) is 5.10 Å². The minimum absolute atomic E-state index is 0.0765. The molecule has 0 N–H and O–H groups in total. The fraction of sp³-hybridized carbons (Fsp3) is 0.778. The lowest BCUT2D eigenvalue weighted by Crippen LogP contribution is -2.40. The van der Waals surface area contributed by atoms with Crippen molar-refractivity contribution in [3.05, 3.63) is 0 Å². The molecule has 0 aromatic carbocycles. The summed E-state index contributed by atoms with van der Waals surface area (Å²) in [6.45, 7) is 10.1.